The van der Waals surface area contributed by atoms with Gasteiger partial charge in [0.05, 0.1) is 0 Å². The number of nitrogens with one attached hydrogen (secondary N) is 1. The quantitative estimate of drug-likeness (QED) is 0.665. The van der Waals surface area contributed by atoms with Crippen molar-refractivity contribution >= 4 is 5.84 Å². The summed E-state index contributed by atoms with van der Waals surface area (Å²) in [5, 5.41) is 7.57. The first-order chi connectivity index (χ1) is 9.63. The molecule has 1 heterocycles. The summed E-state index contributed by atoms with van der Waals surface area (Å²) >= 11 is 0. The number of rotatable bonds is 3. The van der Waals surface area contributed by atoms with E-state index in [-0.39, 0.29) is 11.7 Å². The minimum absolute atomic E-state index is 0.0868. The van der Waals surface area contributed by atoms with E-state index in [0.29, 0.717) is 12.1 Å². The normalized spacial score (nSPS) is 14.2. The zero-order valence-electron chi connectivity index (χ0n) is 11.1. The monoisotopic (exact) mass is 269 g/mol. The summed E-state index contributed by atoms with van der Waals surface area (Å²) in [5.41, 5.74) is 9.59. The van der Waals surface area contributed by atoms with Gasteiger partial charge in [-0.1, -0.05) is 30.3 Å². The fourth-order valence-electron chi connectivity index (χ4n) is 2.69. The maximum Gasteiger partial charge on any atom is 0.123 e. The molecule has 0 aromatic heterocycles. The number of hydrogen-bond acceptors (Lipinski definition) is 2. The van der Waals surface area contributed by atoms with Gasteiger partial charge in [0.1, 0.15) is 11.7 Å². The summed E-state index contributed by atoms with van der Waals surface area (Å²) in [6.07, 6.45) is 0. The van der Waals surface area contributed by atoms with Gasteiger partial charge in [-0.15, -0.1) is 0 Å². The number of nitrogens with two attached hydrogens (primary N) is 1. The predicted octanol–water partition coefficient (Wildman–Crippen LogP) is 2.63. The second-order valence-electron chi connectivity index (χ2n) is 5.13. The number of halogens is 1. The third kappa shape index (κ3) is 2.42. The molecule has 4 heteroatoms. The van der Waals surface area contributed by atoms with Crippen molar-refractivity contribution in [1.29, 1.82) is 5.41 Å². The molecule has 3 N–H and O–H groups in total. The van der Waals surface area contributed by atoms with Gasteiger partial charge in [0.25, 0.3) is 0 Å². The van der Waals surface area contributed by atoms with Crippen LogP contribution in [-0.2, 0) is 19.6 Å². The molecule has 0 unspecified atom stereocenters. The summed E-state index contributed by atoms with van der Waals surface area (Å²) < 4.78 is 13.3. The van der Waals surface area contributed by atoms with Gasteiger partial charge < -0.3 is 5.73 Å². The van der Waals surface area contributed by atoms with Crippen LogP contribution in [0, 0.1) is 11.2 Å². The van der Waals surface area contributed by atoms with Crippen LogP contribution in [0.1, 0.15) is 22.3 Å². The van der Waals surface area contributed by atoms with Crippen LogP contribution in [-0.4, -0.2) is 10.7 Å². The topological polar surface area (TPSA) is 53.1 Å². The van der Waals surface area contributed by atoms with Crippen LogP contribution in [0.4, 0.5) is 4.39 Å². The molecule has 20 heavy (non-hydrogen) atoms. The van der Waals surface area contributed by atoms with Gasteiger partial charge in [0.2, 0.25) is 0 Å². The predicted molar refractivity (Wildman–Crippen MR) is 76.8 cm³/mol. The lowest BCUT2D eigenvalue weighted by molar-refractivity contribution is 0.275. The zero-order chi connectivity index (χ0) is 14.1. The molecule has 0 radical (unpaired) electrons. The molecule has 0 saturated carbocycles. The Morgan fingerprint density at radius 2 is 1.80 bits per heavy atom. The Bertz CT molecular complexity index is 642. The number of nitrogens with zero attached hydrogens (tertiary/aromatic N) is 1. The first-order valence-electron chi connectivity index (χ1n) is 6.55. The van der Waals surface area contributed by atoms with Crippen molar-refractivity contribution < 1.29 is 4.39 Å². The molecule has 0 bridgehead atoms. The van der Waals surface area contributed by atoms with E-state index in [0.717, 1.165) is 18.7 Å². The summed E-state index contributed by atoms with van der Waals surface area (Å²) in [4.78, 5) is 2.27. The van der Waals surface area contributed by atoms with Gasteiger partial charge >= 0.3 is 0 Å². The van der Waals surface area contributed by atoms with Crippen LogP contribution in [0.25, 0.3) is 0 Å². The molecular weight excluding hydrogens is 253 g/mol. The number of benzene rings is 2. The average molecular weight is 269 g/mol. The Labute approximate surface area is 117 Å². The standard InChI is InChI=1S/C16H16FN3/c17-14-6-5-13(15(7-14)16(18)19)10-20-8-11-3-1-2-4-12(11)9-20/h1-7H,8-10H2,(H3,18,19). The van der Waals surface area contributed by atoms with Gasteiger partial charge in [-0.25, -0.2) is 4.39 Å². The molecular formula is C16H16FN3. The molecule has 0 fully saturated rings. The van der Waals surface area contributed by atoms with E-state index in [1.54, 1.807) is 6.07 Å². The van der Waals surface area contributed by atoms with Crippen molar-refractivity contribution in [2.75, 3.05) is 0 Å². The molecule has 1 aliphatic rings. The Balaban J connectivity index is 1.82. The highest BCUT2D eigenvalue weighted by Gasteiger charge is 2.19. The molecule has 0 aliphatic carbocycles. The van der Waals surface area contributed by atoms with E-state index >= 15 is 0 Å². The maximum absolute atomic E-state index is 13.3. The van der Waals surface area contributed by atoms with Crippen LogP contribution in [0.15, 0.2) is 42.5 Å². The van der Waals surface area contributed by atoms with Crippen LogP contribution >= 0.6 is 0 Å². The first-order valence-corrected chi connectivity index (χ1v) is 6.55. The molecule has 3 rings (SSSR count). The molecule has 102 valence electrons. The zero-order valence-corrected chi connectivity index (χ0v) is 11.1. The molecule has 2 aromatic carbocycles. The van der Waals surface area contributed by atoms with Crippen molar-refractivity contribution in [1.82, 2.24) is 4.90 Å². The third-order valence-corrected chi connectivity index (χ3v) is 3.66. The van der Waals surface area contributed by atoms with Crippen molar-refractivity contribution in [3.05, 3.63) is 70.5 Å². The van der Waals surface area contributed by atoms with Crippen LogP contribution < -0.4 is 5.73 Å². The SMILES string of the molecule is N=C(N)c1cc(F)ccc1CN1Cc2ccccc2C1. The fraction of sp³-hybridized carbons (Fsp3) is 0.188. The Morgan fingerprint density at radius 3 is 2.40 bits per heavy atom. The van der Waals surface area contributed by atoms with Gasteiger partial charge in [-0.05, 0) is 28.8 Å². The number of amidine groups is 1. The minimum atomic E-state index is -0.358. The Hall–Kier alpha value is -2.20. The van der Waals surface area contributed by atoms with E-state index in [9.17, 15) is 4.39 Å². The van der Waals surface area contributed by atoms with Crippen LogP contribution in [0.3, 0.4) is 0 Å². The van der Waals surface area contributed by atoms with Gasteiger partial charge in [0, 0.05) is 25.2 Å². The molecule has 0 atom stereocenters. The van der Waals surface area contributed by atoms with E-state index < -0.39 is 0 Å². The first kappa shape index (κ1) is 12.8. The molecule has 0 saturated heterocycles. The third-order valence-electron chi connectivity index (χ3n) is 3.66. The average Bonchev–Trinajstić information content (AvgIpc) is 2.82. The second-order valence-corrected chi connectivity index (χ2v) is 5.13. The van der Waals surface area contributed by atoms with Gasteiger partial charge in [0.15, 0.2) is 0 Å². The van der Waals surface area contributed by atoms with Crippen molar-refractivity contribution in [3.63, 3.8) is 0 Å². The minimum Gasteiger partial charge on any atom is -0.384 e. The highest BCUT2D eigenvalue weighted by molar-refractivity contribution is 5.96. The van der Waals surface area contributed by atoms with Crippen molar-refractivity contribution in [3.8, 4) is 0 Å². The number of nitrogen functional groups attached to an aromatic ring is 1. The Kier molecular flexibility index (Phi) is 3.24. The maximum atomic E-state index is 13.3. The molecule has 3 nitrogen and oxygen atoms in total. The van der Waals surface area contributed by atoms with Crippen molar-refractivity contribution in [2.24, 2.45) is 5.73 Å². The van der Waals surface area contributed by atoms with Crippen LogP contribution in [0.2, 0.25) is 0 Å². The summed E-state index contributed by atoms with van der Waals surface area (Å²) in [6, 6.07) is 12.8. The molecule has 0 spiro atoms. The largest absolute Gasteiger partial charge is 0.384 e. The lowest BCUT2D eigenvalue weighted by Crippen LogP contribution is -2.20. The smallest absolute Gasteiger partial charge is 0.123 e. The number of hydrogen-bond donors (Lipinski definition) is 2. The van der Waals surface area contributed by atoms with Crippen LogP contribution in [0.5, 0.6) is 0 Å². The van der Waals surface area contributed by atoms with Gasteiger partial charge in [-0.2, -0.15) is 0 Å². The summed E-state index contributed by atoms with van der Waals surface area (Å²) in [5.74, 6) is -0.445. The van der Waals surface area contributed by atoms with E-state index in [4.69, 9.17) is 11.1 Å². The highest BCUT2D eigenvalue weighted by Crippen LogP contribution is 2.25. The van der Waals surface area contributed by atoms with Crippen molar-refractivity contribution in [2.45, 2.75) is 19.6 Å². The highest BCUT2D eigenvalue weighted by atomic mass is 19.1. The van der Waals surface area contributed by atoms with Gasteiger partial charge in [-0.3, -0.25) is 10.3 Å². The molecule has 2 aromatic rings. The molecule has 1 aliphatic heterocycles. The lowest BCUT2D eigenvalue weighted by atomic mass is 10.1. The summed E-state index contributed by atoms with van der Waals surface area (Å²) in [6.45, 7) is 2.43. The lowest BCUT2D eigenvalue weighted by Gasteiger charge is -2.17. The summed E-state index contributed by atoms with van der Waals surface area (Å²) in [7, 11) is 0. The second kappa shape index (κ2) is 5.06. The Morgan fingerprint density at radius 1 is 1.15 bits per heavy atom. The van der Waals surface area contributed by atoms with E-state index in [2.05, 4.69) is 17.0 Å². The van der Waals surface area contributed by atoms with E-state index in [1.165, 1.54) is 23.3 Å². The fourth-order valence-corrected chi connectivity index (χ4v) is 2.69. The number of fused-ring (bicyclic) bond motifs is 1. The van der Waals surface area contributed by atoms with E-state index in [1.807, 2.05) is 12.1 Å². The molecule has 0 amide bonds.